The molecular formula is C17H14ClN3O2S. The fourth-order valence-corrected chi connectivity index (χ4v) is 3.05. The minimum Gasteiger partial charge on any atom is -0.351 e. The monoisotopic (exact) mass is 359 g/mol. The van der Waals surface area contributed by atoms with Crippen molar-refractivity contribution in [2.75, 3.05) is 5.75 Å². The number of carbonyl (C=O) groups is 1. The number of halogens is 1. The summed E-state index contributed by atoms with van der Waals surface area (Å²) in [4.78, 5) is 31.0. The van der Waals surface area contributed by atoms with Crippen LogP contribution in [-0.4, -0.2) is 21.6 Å². The third-order valence-corrected chi connectivity index (χ3v) is 4.61. The molecule has 2 aromatic carbocycles. The van der Waals surface area contributed by atoms with Gasteiger partial charge in [0.1, 0.15) is 0 Å². The lowest BCUT2D eigenvalue weighted by Crippen LogP contribution is -2.25. The van der Waals surface area contributed by atoms with Crippen LogP contribution in [0.5, 0.6) is 0 Å². The zero-order valence-electron chi connectivity index (χ0n) is 12.6. The normalized spacial score (nSPS) is 10.7. The average Bonchev–Trinajstić information content (AvgIpc) is 2.59. The largest absolute Gasteiger partial charge is 0.351 e. The van der Waals surface area contributed by atoms with Crippen molar-refractivity contribution < 1.29 is 4.79 Å². The summed E-state index contributed by atoms with van der Waals surface area (Å²) in [5.74, 6) is 0.00173. The Kier molecular flexibility index (Phi) is 5.17. The number of hydrogen-bond acceptors (Lipinski definition) is 4. The first kappa shape index (κ1) is 16.5. The number of nitrogens with one attached hydrogen (secondary N) is 2. The molecule has 24 heavy (non-hydrogen) atoms. The number of thioether (sulfide) groups is 1. The summed E-state index contributed by atoms with van der Waals surface area (Å²) in [6.07, 6.45) is 0. The van der Waals surface area contributed by atoms with Crippen molar-refractivity contribution in [1.82, 2.24) is 15.3 Å². The smallest absolute Gasteiger partial charge is 0.259 e. The number of nitrogens with zero attached hydrogens (tertiary/aromatic N) is 1. The van der Waals surface area contributed by atoms with Crippen LogP contribution < -0.4 is 10.9 Å². The average molecular weight is 360 g/mol. The summed E-state index contributed by atoms with van der Waals surface area (Å²) in [6, 6.07) is 14.4. The maximum atomic E-state index is 12.0. The Bertz CT molecular complexity index is 942. The molecule has 5 nitrogen and oxygen atoms in total. The summed E-state index contributed by atoms with van der Waals surface area (Å²) in [5, 5.41) is 4.37. The number of aromatic nitrogens is 2. The van der Waals surface area contributed by atoms with E-state index in [4.69, 9.17) is 11.6 Å². The van der Waals surface area contributed by atoms with Crippen LogP contribution in [0.2, 0.25) is 5.02 Å². The van der Waals surface area contributed by atoms with E-state index >= 15 is 0 Å². The van der Waals surface area contributed by atoms with Crippen LogP contribution in [0.4, 0.5) is 0 Å². The highest BCUT2D eigenvalue weighted by atomic mass is 35.5. The predicted octanol–water partition coefficient (Wildman–Crippen LogP) is 2.99. The first-order valence-corrected chi connectivity index (χ1v) is 8.62. The molecule has 2 N–H and O–H groups in total. The van der Waals surface area contributed by atoms with Crippen LogP contribution in [-0.2, 0) is 11.3 Å². The van der Waals surface area contributed by atoms with Crippen molar-refractivity contribution in [1.29, 1.82) is 0 Å². The molecule has 3 aromatic rings. The molecule has 7 heteroatoms. The predicted molar refractivity (Wildman–Crippen MR) is 96.4 cm³/mol. The first-order chi connectivity index (χ1) is 11.6. The fraction of sp³-hybridized carbons (Fsp3) is 0.118. The van der Waals surface area contributed by atoms with Gasteiger partial charge in [-0.05, 0) is 23.8 Å². The second-order valence-electron chi connectivity index (χ2n) is 5.05. The molecule has 1 amide bonds. The Morgan fingerprint density at radius 2 is 1.92 bits per heavy atom. The lowest BCUT2D eigenvalue weighted by molar-refractivity contribution is -0.118. The summed E-state index contributed by atoms with van der Waals surface area (Å²) >= 11 is 7.23. The molecule has 0 aliphatic carbocycles. The summed E-state index contributed by atoms with van der Waals surface area (Å²) in [7, 11) is 0. The van der Waals surface area contributed by atoms with Gasteiger partial charge in [-0.25, -0.2) is 4.98 Å². The molecule has 1 heterocycles. The maximum absolute atomic E-state index is 12.0. The molecule has 0 radical (unpaired) electrons. The first-order valence-electron chi connectivity index (χ1n) is 7.25. The summed E-state index contributed by atoms with van der Waals surface area (Å²) in [5.41, 5.74) is 1.26. The Morgan fingerprint density at radius 3 is 2.75 bits per heavy atom. The number of hydrogen-bond donors (Lipinski definition) is 2. The highest BCUT2D eigenvalue weighted by molar-refractivity contribution is 7.99. The molecule has 0 aliphatic rings. The van der Waals surface area contributed by atoms with Crippen molar-refractivity contribution in [3.8, 4) is 0 Å². The minimum absolute atomic E-state index is 0.157. The van der Waals surface area contributed by atoms with E-state index in [9.17, 15) is 9.59 Å². The van der Waals surface area contributed by atoms with Gasteiger partial charge in [0.05, 0.1) is 16.7 Å². The van der Waals surface area contributed by atoms with Crippen molar-refractivity contribution in [3.05, 3.63) is 69.5 Å². The zero-order valence-corrected chi connectivity index (χ0v) is 14.2. The Hall–Kier alpha value is -2.31. The molecule has 1 aromatic heterocycles. The van der Waals surface area contributed by atoms with Crippen molar-refractivity contribution in [2.24, 2.45) is 0 Å². The van der Waals surface area contributed by atoms with Gasteiger partial charge in [-0.3, -0.25) is 9.59 Å². The molecular weight excluding hydrogens is 346 g/mol. The molecule has 3 rings (SSSR count). The lowest BCUT2D eigenvalue weighted by atomic mass is 10.2. The second-order valence-corrected chi connectivity index (χ2v) is 6.42. The van der Waals surface area contributed by atoms with Crippen molar-refractivity contribution in [3.63, 3.8) is 0 Å². The zero-order chi connectivity index (χ0) is 16.9. The molecule has 0 unspecified atom stereocenters. The van der Waals surface area contributed by atoms with E-state index in [-0.39, 0.29) is 17.2 Å². The minimum atomic E-state index is -0.209. The van der Waals surface area contributed by atoms with Gasteiger partial charge in [0.15, 0.2) is 5.16 Å². The van der Waals surface area contributed by atoms with E-state index < -0.39 is 0 Å². The number of H-pyrrole nitrogens is 1. The Labute approximate surface area is 147 Å². The van der Waals surface area contributed by atoms with E-state index in [1.807, 2.05) is 24.3 Å². The van der Waals surface area contributed by atoms with Gasteiger partial charge in [-0.2, -0.15) is 0 Å². The number of carbonyl (C=O) groups excluding carboxylic acids is 1. The number of fused-ring (bicyclic) bond motifs is 1. The van der Waals surface area contributed by atoms with E-state index in [0.717, 1.165) is 5.56 Å². The number of aromatic amines is 1. The number of amides is 1. The topological polar surface area (TPSA) is 74.8 Å². The molecule has 0 spiro atoms. The summed E-state index contributed by atoms with van der Waals surface area (Å²) < 4.78 is 0. The van der Waals surface area contributed by atoms with Gasteiger partial charge in [-0.15, -0.1) is 0 Å². The van der Waals surface area contributed by atoms with E-state index in [0.29, 0.717) is 27.6 Å². The van der Waals surface area contributed by atoms with Gasteiger partial charge in [0.2, 0.25) is 5.91 Å². The number of para-hydroxylation sites is 1. The van der Waals surface area contributed by atoms with E-state index in [1.165, 1.54) is 11.8 Å². The van der Waals surface area contributed by atoms with Crippen molar-refractivity contribution >= 4 is 40.2 Å². The fourth-order valence-electron chi connectivity index (χ4n) is 2.15. The highest BCUT2D eigenvalue weighted by Crippen LogP contribution is 2.16. The molecule has 0 atom stereocenters. The maximum Gasteiger partial charge on any atom is 0.259 e. The molecule has 0 saturated heterocycles. The van der Waals surface area contributed by atoms with E-state index in [2.05, 4.69) is 15.3 Å². The second kappa shape index (κ2) is 7.51. The van der Waals surface area contributed by atoms with Crippen molar-refractivity contribution in [2.45, 2.75) is 11.7 Å². The van der Waals surface area contributed by atoms with Crippen LogP contribution >= 0.6 is 23.4 Å². The molecule has 0 aliphatic heterocycles. The van der Waals surface area contributed by atoms with Crippen LogP contribution in [0.15, 0.2) is 58.5 Å². The molecule has 122 valence electrons. The van der Waals surface area contributed by atoms with E-state index in [1.54, 1.807) is 24.3 Å². The standard InChI is InChI=1S/C17H14ClN3O2S/c18-13-7-3-1-5-11(13)9-19-15(22)10-24-17-20-14-8-4-2-6-12(14)16(23)21-17/h1-8H,9-10H2,(H,19,22)(H,20,21,23). The van der Waals surface area contributed by atoms with Gasteiger partial charge in [-0.1, -0.05) is 53.7 Å². The Morgan fingerprint density at radius 1 is 1.17 bits per heavy atom. The van der Waals surface area contributed by atoms with Crippen LogP contribution in [0.3, 0.4) is 0 Å². The third kappa shape index (κ3) is 3.96. The van der Waals surface area contributed by atoms with Crippen LogP contribution in [0, 0.1) is 0 Å². The molecule has 0 fully saturated rings. The molecule has 0 bridgehead atoms. The SMILES string of the molecule is O=C(CSc1nc2ccccc2c(=O)[nH]1)NCc1ccccc1Cl. The molecule has 0 saturated carbocycles. The van der Waals surface area contributed by atoms with Gasteiger partial charge < -0.3 is 10.3 Å². The quantitative estimate of drug-likeness (QED) is 0.542. The Balaban J connectivity index is 1.60. The number of benzene rings is 2. The highest BCUT2D eigenvalue weighted by Gasteiger charge is 2.08. The summed E-state index contributed by atoms with van der Waals surface area (Å²) in [6.45, 7) is 0.362. The van der Waals surface area contributed by atoms with Crippen LogP contribution in [0.25, 0.3) is 10.9 Å². The van der Waals surface area contributed by atoms with Gasteiger partial charge in [0, 0.05) is 11.6 Å². The van der Waals surface area contributed by atoms with Crippen LogP contribution in [0.1, 0.15) is 5.56 Å². The number of rotatable bonds is 5. The van der Waals surface area contributed by atoms with Gasteiger partial charge >= 0.3 is 0 Å². The van der Waals surface area contributed by atoms with Gasteiger partial charge in [0.25, 0.3) is 5.56 Å². The lowest BCUT2D eigenvalue weighted by Gasteiger charge is -2.07. The third-order valence-electron chi connectivity index (χ3n) is 3.36.